The molecule has 1 aliphatic heterocycles. The highest BCUT2D eigenvalue weighted by molar-refractivity contribution is 5.76. The predicted molar refractivity (Wildman–Crippen MR) is 72.7 cm³/mol. The third-order valence-electron chi connectivity index (χ3n) is 3.50. The monoisotopic (exact) mass is 265 g/mol. The zero-order chi connectivity index (χ0) is 13.7. The van der Waals surface area contributed by atoms with E-state index in [0.717, 1.165) is 24.6 Å². The molecule has 1 aromatic heterocycles. The van der Waals surface area contributed by atoms with Crippen LogP contribution in [0, 0.1) is 0 Å². The van der Waals surface area contributed by atoms with Gasteiger partial charge in [-0.2, -0.15) is 0 Å². The van der Waals surface area contributed by atoms with Crippen LogP contribution in [0.3, 0.4) is 0 Å². The Morgan fingerprint density at radius 2 is 2.21 bits per heavy atom. The van der Waals surface area contributed by atoms with Gasteiger partial charge in [-0.25, -0.2) is 0 Å². The number of fused-ring (bicyclic) bond motifs is 1. The fraction of sp³-hybridized carbons (Fsp3) is 0.769. The summed E-state index contributed by atoms with van der Waals surface area (Å²) in [4.78, 5) is 11.7. The van der Waals surface area contributed by atoms with Gasteiger partial charge in [0.1, 0.15) is 5.82 Å². The van der Waals surface area contributed by atoms with Crippen LogP contribution in [0.1, 0.15) is 50.3 Å². The van der Waals surface area contributed by atoms with Gasteiger partial charge < -0.3 is 15.2 Å². The minimum absolute atomic E-state index is 0.0489. The summed E-state index contributed by atoms with van der Waals surface area (Å²) in [7, 11) is 1.84. The van der Waals surface area contributed by atoms with Crippen molar-refractivity contribution in [3.63, 3.8) is 0 Å². The largest absolute Gasteiger partial charge is 0.346 e. The molecule has 1 atom stereocenters. The van der Waals surface area contributed by atoms with Gasteiger partial charge in [0.2, 0.25) is 5.91 Å². The Bertz CT molecular complexity index is 429. The number of nitrogens with one attached hydrogen (secondary N) is 2. The van der Waals surface area contributed by atoms with Gasteiger partial charge in [-0.15, -0.1) is 10.2 Å². The smallest absolute Gasteiger partial charge is 0.221 e. The number of hydrogen-bond acceptors (Lipinski definition) is 4. The van der Waals surface area contributed by atoms with Crippen molar-refractivity contribution in [3.05, 3.63) is 11.6 Å². The van der Waals surface area contributed by atoms with Gasteiger partial charge in [-0.05, 0) is 26.8 Å². The summed E-state index contributed by atoms with van der Waals surface area (Å²) < 4.78 is 2.18. The van der Waals surface area contributed by atoms with Gasteiger partial charge >= 0.3 is 0 Å². The molecule has 2 heterocycles. The van der Waals surface area contributed by atoms with Gasteiger partial charge in [0, 0.05) is 25.9 Å². The fourth-order valence-corrected chi connectivity index (χ4v) is 2.44. The van der Waals surface area contributed by atoms with Crippen molar-refractivity contribution < 1.29 is 4.79 Å². The molecule has 106 valence electrons. The van der Waals surface area contributed by atoms with E-state index in [-0.39, 0.29) is 11.9 Å². The summed E-state index contributed by atoms with van der Waals surface area (Å²) in [5, 5.41) is 14.5. The highest BCUT2D eigenvalue weighted by Gasteiger charge is 2.20. The standard InChI is InChI=1S/C13H23N5O/c1-10(15-12(19)7-8-14-2)13-17-16-11-6-4-3-5-9-18(11)13/h10,14H,3-9H2,1-2H3,(H,15,19)/t10-/m1/s1. The molecule has 1 aliphatic rings. The molecule has 2 rings (SSSR count). The van der Waals surface area contributed by atoms with E-state index in [1.807, 2.05) is 14.0 Å². The molecule has 6 nitrogen and oxygen atoms in total. The molecule has 1 amide bonds. The minimum atomic E-state index is -0.0799. The van der Waals surface area contributed by atoms with Crippen LogP contribution < -0.4 is 10.6 Å². The maximum Gasteiger partial charge on any atom is 0.221 e. The highest BCUT2D eigenvalue weighted by Crippen LogP contribution is 2.18. The quantitative estimate of drug-likeness (QED) is 0.825. The molecule has 19 heavy (non-hydrogen) atoms. The zero-order valence-electron chi connectivity index (χ0n) is 11.8. The average Bonchev–Trinajstić information content (AvgIpc) is 2.66. The Kier molecular flexibility index (Phi) is 4.90. The van der Waals surface area contributed by atoms with Crippen LogP contribution in [-0.2, 0) is 17.8 Å². The van der Waals surface area contributed by atoms with E-state index in [9.17, 15) is 4.79 Å². The third kappa shape index (κ3) is 3.53. The van der Waals surface area contributed by atoms with Gasteiger partial charge in [0.25, 0.3) is 0 Å². The normalized spacial score (nSPS) is 16.5. The van der Waals surface area contributed by atoms with Gasteiger partial charge in [0.05, 0.1) is 6.04 Å². The van der Waals surface area contributed by atoms with Gasteiger partial charge in [0.15, 0.2) is 5.82 Å². The molecule has 0 fully saturated rings. The molecule has 0 bridgehead atoms. The van der Waals surface area contributed by atoms with Crippen molar-refractivity contribution in [2.75, 3.05) is 13.6 Å². The average molecular weight is 265 g/mol. The molecule has 0 unspecified atom stereocenters. The number of rotatable bonds is 5. The van der Waals surface area contributed by atoms with Crippen LogP contribution in [0.4, 0.5) is 0 Å². The number of carbonyl (C=O) groups is 1. The fourth-order valence-electron chi connectivity index (χ4n) is 2.44. The van der Waals surface area contributed by atoms with E-state index in [1.165, 1.54) is 19.3 Å². The number of hydrogen-bond donors (Lipinski definition) is 2. The van der Waals surface area contributed by atoms with Crippen LogP contribution in [0.5, 0.6) is 0 Å². The Hall–Kier alpha value is -1.43. The molecule has 0 saturated heterocycles. The van der Waals surface area contributed by atoms with Crippen molar-refractivity contribution >= 4 is 5.91 Å². The highest BCUT2D eigenvalue weighted by atomic mass is 16.1. The summed E-state index contributed by atoms with van der Waals surface area (Å²) >= 11 is 0. The third-order valence-corrected chi connectivity index (χ3v) is 3.50. The molecule has 1 aromatic rings. The van der Waals surface area contributed by atoms with Crippen LogP contribution in [0.15, 0.2) is 0 Å². The lowest BCUT2D eigenvalue weighted by molar-refractivity contribution is -0.121. The lowest BCUT2D eigenvalue weighted by Crippen LogP contribution is -2.30. The molecule has 6 heteroatoms. The molecule has 0 aromatic carbocycles. The van der Waals surface area contributed by atoms with E-state index in [4.69, 9.17) is 0 Å². The maximum atomic E-state index is 11.7. The zero-order valence-corrected chi connectivity index (χ0v) is 11.8. The van der Waals surface area contributed by atoms with Crippen molar-refractivity contribution in [1.82, 2.24) is 25.4 Å². The number of nitrogens with zero attached hydrogens (tertiary/aromatic N) is 3. The van der Waals surface area contributed by atoms with Crippen LogP contribution in [-0.4, -0.2) is 34.3 Å². The SMILES string of the molecule is CNCCC(=O)N[C@H](C)c1nnc2n1CCCCC2. The summed E-state index contributed by atoms with van der Waals surface area (Å²) in [5.41, 5.74) is 0. The molecule has 0 aliphatic carbocycles. The van der Waals surface area contributed by atoms with Crippen molar-refractivity contribution in [2.45, 2.75) is 51.6 Å². The molecule has 0 radical (unpaired) electrons. The van der Waals surface area contributed by atoms with Gasteiger partial charge in [-0.1, -0.05) is 6.42 Å². The van der Waals surface area contributed by atoms with E-state index in [1.54, 1.807) is 0 Å². The van der Waals surface area contributed by atoms with Gasteiger partial charge in [-0.3, -0.25) is 4.79 Å². The van der Waals surface area contributed by atoms with Crippen LogP contribution in [0.2, 0.25) is 0 Å². The lowest BCUT2D eigenvalue weighted by atomic mass is 10.2. The maximum absolute atomic E-state index is 11.7. The molecule has 2 N–H and O–H groups in total. The Balaban J connectivity index is 2.01. The predicted octanol–water partition coefficient (Wildman–Crippen LogP) is 0.791. The second kappa shape index (κ2) is 6.65. The van der Waals surface area contributed by atoms with E-state index < -0.39 is 0 Å². The second-order valence-corrected chi connectivity index (χ2v) is 5.08. The molecular formula is C13H23N5O. The number of aromatic nitrogens is 3. The summed E-state index contributed by atoms with van der Waals surface area (Å²) in [6.07, 6.45) is 5.07. The number of amides is 1. The first-order valence-electron chi connectivity index (χ1n) is 7.08. The Morgan fingerprint density at radius 1 is 1.37 bits per heavy atom. The Labute approximate surface area is 114 Å². The number of aryl methyl sites for hydroxylation is 1. The number of carbonyl (C=O) groups excluding carboxylic acids is 1. The summed E-state index contributed by atoms with van der Waals surface area (Å²) in [5.74, 6) is 1.99. The summed E-state index contributed by atoms with van der Waals surface area (Å²) in [6.45, 7) is 3.63. The van der Waals surface area contributed by atoms with Crippen LogP contribution >= 0.6 is 0 Å². The van der Waals surface area contributed by atoms with E-state index in [0.29, 0.717) is 13.0 Å². The first-order valence-corrected chi connectivity index (χ1v) is 7.08. The first-order chi connectivity index (χ1) is 9.22. The minimum Gasteiger partial charge on any atom is -0.346 e. The molecular weight excluding hydrogens is 242 g/mol. The Morgan fingerprint density at radius 3 is 3.00 bits per heavy atom. The molecule has 0 saturated carbocycles. The van der Waals surface area contributed by atoms with E-state index in [2.05, 4.69) is 25.4 Å². The van der Waals surface area contributed by atoms with Crippen LogP contribution in [0.25, 0.3) is 0 Å². The topological polar surface area (TPSA) is 71.8 Å². The van der Waals surface area contributed by atoms with Crippen molar-refractivity contribution in [3.8, 4) is 0 Å². The lowest BCUT2D eigenvalue weighted by Gasteiger charge is -2.15. The first kappa shape index (κ1) is 14.0. The second-order valence-electron chi connectivity index (χ2n) is 5.08. The van der Waals surface area contributed by atoms with Crippen molar-refractivity contribution in [1.29, 1.82) is 0 Å². The van der Waals surface area contributed by atoms with Crippen molar-refractivity contribution in [2.24, 2.45) is 0 Å². The van der Waals surface area contributed by atoms with E-state index >= 15 is 0 Å². The molecule has 0 spiro atoms. The summed E-state index contributed by atoms with van der Waals surface area (Å²) in [6, 6.07) is -0.0799.